The van der Waals surface area contributed by atoms with Crippen molar-refractivity contribution < 1.29 is 22.1 Å². The molecule has 0 aliphatic rings. The average Bonchev–Trinajstić information content (AvgIpc) is 3.07. The Morgan fingerprint density at radius 2 is 1.93 bits per heavy atom. The molecule has 3 rings (SSSR count). The SMILES string of the molecule is Cc1cc(CNC(=O)c2cccc(S(=O)(=O)Nc3ccccc3F)c2)on1. The van der Waals surface area contributed by atoms with Crippen molar-refractivity contribution in [3.05, 3.63) is 77.4 Å². The van der Waals surface area contributed by atoms with Crippen LogP contribution in [0.15, 0.2) is 64.0 Å². The lowest BCUT2D eigenvalue weighted by atomic mass is 10.2. The van der Waals surface area contributed by atoms with Crippen molar-refractivity contribution in [1.29, 1.82) is 0 Å². The monoisotopic (exact) mass is 389 g/mol. The Labute approximate surface area is 155 Å². The van der Waals surface area contributed by atoms with E-state index in [-0.39, 0.29) is 22.7 Å². The van der Waals surface area contributed by atoms with E-state index >= 15 is 0 Å². The summed E-state index contributed by atoms with van der Waals surface area (Å²) >= 11 is 0. The molecule has 140 valence electrons. The third-order valence-corrected chi connectivity index (χ3v) is 4.99. The summed E-state index contributed by atoms with van der Waals surface area (Å²) in [7, 11) is -4.05. The predicted octanol–water partition coefficient (Wildman–Crippen LogP) is 2.85. The minimum Gasteiger partial charge on any atom is -0.359 e. The standard InChI is InChI=1S/C18H16FN3O4S/c1-12-9-14(26-21-12)11-20-18(23)13-5-4-6-15(10-13)27(24,25)22-17-8-3-2-7-16(17)19/h2-10,22H,11H2,1H3,(H,20,23). The lowest BCUT2D eigenvalue weighted by Gasteiger charge is -2.10. The second kappa shape index (κ2) is 7.58. The van der Waals surface area contributed by atoms with Gasteiger partial charge in [-0.2, -0.15) is 0 Å². The third kappa shape index (κ3) is 4.50. The number of carbonyl (C=O) groups excluding carboxylic acids is 1. The molecule has 27 heavy (non-hydrogen) atoms. The maximum absolute atomic E-state index is 13.7. The predicted molar refractivity (Wildman–Crippen MR) is 96.1 cm³/mol. The van der Waals surface area contributed by atoms with E-state index in [9.17, 15) is 17.6 Å². The summed E-state index contributed by atoms with van der Waals surface area (Å²) in [6, 6.07) is 12.5. The van der Waals surface area contributed by atoms with Crippen LogP contribution in [0.5, 0.6) is 0 Å². The summed E-state index contributed by atoms with van der Waals surface area (Å²) in [5, 5.41) is 6.33. The minimum atomic E-state index is -4.05. The van der Waals surface area contributed by atoms with Crippen LogP contribution in [0.25, 0.3) is 0 Å². The summed E-state index contributed by atoms with van der Waals surface area (Å²) in [4.78, 5) is 12.1. The number of amides is 1. The van der Waals surface area contributed by atoms with E-state index in [1.54, 1.807) is 13.0 Å². The van der Waals surface area contributed by atoms with E-state index in [1.807, 2.05) is 0 Å². The van der Waals surface area contributed by atoms with E-state index in [1.165, 1.54) is 42.5 Å². The Kier molecular flexibility index (Phi) is 5.22. The number of benzene rings is 2. The number of para-hydroxylation sites is 1. The van der Waals surface area contributed by atoms with Crippen molar-refractivity contribution >= 4 is 21.6 Å². The van der Waals surface area contributed by atoms with Crippen LogP contribution in [0, 0.1) is 12.7 Å². The zero-order chi connectivity index (χ0) is 19.4. The van der Waals surface area contributed by atoms with E-state index in [4.69, 9.17) is 4.52 Å². The summed E-state index contributed by atoms with van der Waals surface area (Å²) in [5.41, 5.74) is 0.655. The van der Waals surface area contributed by atoms with Crippen LogP contribution in [0.3, 0.4) is 0 Å². The van der Waals surface area contributed by atoms with Gasteiger partial charge >= 0.3 is 0 Å². The van der Waals surface area contributed by atoms with Gasteiger partial charge in [-0.3, -0.25) is 9.52 Å². The highest BCUT2D eigenvalue weighted by molar-refractivity contribution is 7.92. The molecule has 2 N–H and O–H groups in total. The third-order valence-electron chi connectivity index (χ3n) is 3.62. The molecule has 3 aromatic rings. The molecule has 0 saturated heterocycles. The summed E-state index contributed by atoms with van der Waals surface area (Å²) in [6.07, 6.45) is 0. The number of hydrogen-bond acceptors (Lipinski definition) is 5. The van der Waals surface area contributed by atoms with Crippen LogP contribution in [-0.2, 0) is 16.6 Å². The Hall–Kier alpha value is -3.20. The molecule has 0 fully saturated rings. The largest absolute Gasteiger partial charge is 0.359 e. The van der Waals surface area contributed by atoms with Crippen LogP contribution in [-0.4, -0.2) is 19.5 Å². The minimum absolute atomic E-state index is 0.115. The van der Waals surface area contributed by atoms with Gasteiger partial charge in [0.05, 0.1) is 22.8 Å². The number of halogens is 1. The van der Waals surface area contributed by atoms with Crippen molar-refractivity contribution in [2.45, 2.75) is 18.4 Å². The second-order valence-electron chi connectivity index (χ2n) is 5.73. The molecule has 1 aromatic heterocycles. The van der Waals surface area contributed by atoms with Gasteiger partial charge in [0, 0.05) is 11.6 Å². The first-order valence-corrected chi connectivity index (χ1v) is 9.41. The molecule has 0 unspecified atom stereocenters. The van der Waals surface area contributed by atoms with Crippen LogP contribution in [0.2, 0.25) is 0 Å². The smallest absolute Gasteiger partial charge is 0.262 e. The number of carbonyl (C=O) groups is 1. The first-order valence-electron chi connectivity index (χ1n) is 7.93. The molecule has 0 bridgehead atoms. The van der Waals surface area contributed by atoms with E-state index in [0.29, 0.717) is 11.5 Å². The number of aromatic nitrogens is 1. The molecule has 0 radical (unpaired) electrons. The Morgan fingerprint density at radius 3 is 2.63 bits per heavy atom. The van der Waals surface area contributed by atoms with Gasteiger partial charge < -0.3 is 9.84 Å². The number of rotatable bonds is 6. The lowest BCUT2D eigenvalue weighted by molar-refractivity contribution is 0.0947. The van der Waals surface area contributed by atoms with Crippen molar-refractivity contribution in [3.8, 4) is 0 Å². The second-order valence-corrected chi connectivity index (χ2v) is 7.41. The zero-order valence-corrected chi connectivity index (χ0v) is 15.1. The highest BCUT2D eigenvalue weighted by Crippen LogP contribution is 2.19. The zero-order valence-electron chi connectivity index (χ0n) is 14.3. The number of nitrogens with zero attached hydrogens (tertiary/aromatic N) is 1. The molecule has 0 atom stereocenters. The highest BCUT2D eigenvalue weighted by atomic mass is 32.2. The molecule has 0 aliphatic heterocycles. The number of sulfonamides is 1. The van der Waals surface area contributed by atoms with Gasteiger partial charge in [-0.05, 0) is 37.3 Å². The number of nitrogens with one attached hydrogen (secondary N) is 2. The van der Waals surface area contributed by atoms with Gasteiger partial charge in [-0.15, -0.1) is 0 Å². The molecule has 0 aliphatic carbocycles. The van der Waals surface area contributed by atoms with Crippen LogP contribution < -0.4 is 10.0 Å². The van der Waals surface area contributed by atoms with Gasteiger partial charge in [-0.1, -0.05) is 23.4 Å². The van der Waals surface area contributed by atoms with Crippen molar-refractivity contribution in [2.75, 3.05) is 4.72 Å². The number of hydrogen-bond donors (Lipinski definition) is 2. The molecule has 9 heteroatoms. The highest BCUT2D eigenvalue weighted by Gasteiger charge is 2.18. The topological polar surface area (TPSA) is 101 Å². The van der Waals surface area contributed by atoms with E-state index in [2.05, 4.69) is 15.2 Å². The molecule has 7 nitrogen and oxygen atoms in total. The fourth-order valence-corrected chi connectivity index (χ4v) is 3.43. The Balaban J connectivity index is 1.76. The summed E-state index contributed by atoms with van der Waals surface area (Å²) < 4.78 is 45.8. The molecular weight excluding hydrogens is 373 g/mol. The van der Waals surface area contributed by atoms with E-state index < -0.39 is 21.7 Å². The van der Waals surface area contributed by atoms with Gasteiger partial charge in [-0.25, -0.2) is 12.8 Å². The Bertz CT molecular complexity index is 1080. The van der Waals surface area contributed by atoms with Gasteiger partial charge in [0.2, 0.25) is 0 Å². The van der Waals surface area contributed by atoms with E-state index in [0.717, 1.165) is 6.07 Å². The fourth-order valence-electron chi connectivity index (χ4n) is 2.32. The summed E-state index contributed by atoms with van der Waals surface area (Å²) in [6.45, 7) is 1.87. The molecule has 1 heterocycles. The van der Waals surface area contributed by atoms with Crippen molar-refractivity contribution in [2.24, 2.45) is 0 Å². The maximum atomic E-state index is 13.7. The lowest BCUT2D eigenvalue weighted by Crippen LogP contribution is -2.23. The van der Waals surface area contributed by atoms with Crippen LogP contribution >= 0.6 is 0 Å². The number of aryl methyl sites for hydroxylation is 1. The molecule has 1 amide bonds. The first-order chi connectivity index (χ1) is 12.8. The van der Waals surface area contributed by atoms with Gasteiger partial charge in [0.25, 0.3) is 15.9 Å². The maximum Gasteiger partial charge on any atom is 0.262 e. The number of anilines is 1. The van der Waals surface area contributed by atoms with Gasteiger partial charge in [0.1, 0.15) is 5.82 Å². The van der Waals surface area contributed by atoms with Crippen LogP contribution in [0.1, 0.15) is 21.8 Å². The fraction of sp³-hybridized carbons (Fsp3) is 0.111. The first kappa shape index (κ1) is 18.6. The quantitative estimate of drug-likeness (QED) is 0.675. The van der Waals surface area contributed by atoms with Crippen molar-refractivity contribution in [1.82, 2.24) is 10.5 Å². The van der Waals surface area contributed by atoms with Gasteiger partial charge in [0.15, 0.2) is 5.76 Å². The van der Waals surface area contributed by atoms with Crippen LogP contribution in [0.4, 0.5) is 10.1 Å². The molecular formula is C18H16FN3O4S. The average molecular weight is 389 g/mol. The molecule has 0 saturated carbocycles. The summed E-state index contributed by atoms with van der Waals surface area (Å²) in [5.74, 6) is -0.699. The molecule has 0 spiro atoms. The van der Waals surface area contributed by atoms with Crippen molar-refractivity contribution in [3.63, 3.8) is 0 Å². The Morgan fingerprint density at radius 1 is 1.15 bits per heavy atom. The molecule has 2 aromatic carbocycles. The normalized spacial score (nSPS) is 11.2.